The Morgan fingerprint density at radius 1 is 1.11 bits per heavy atom. The molecule has 5 heteroatoms. The van der Waals surface area contributed by atoms with Gasteiger partial charge in [-0.15, -0.1) is 0 Å². The molecule has 0 aliphatic carbocycles. The van der Waals surface area contributed by atoms with Crippen LogP contribution in [0, 0.1) is 5.92 Å². The van der Waals surface area contributed by atoms with Gasteiger partial charge in [0.15, 0.2) is 5.75 Å². The molecule has 0 radical (unpaired) electrons. The Morgan fingerprint density at radius 2 is 1.81 bits per heavy atom. The molecule has 5 nitrogen and oxygen atoms in total. The average Bonchev–Trinajstić information content (AvgIpc) is 2.58. The van der Waals surface area contributed by atoms with E-state index in [2.05, 4.69) is 0 Å². The lowest BCUT2D eigenvalue weighted by molar-refractivity contribution is -0.157. The van der Waals surface area contributed by atoms with Crippen molar-refractivity contribution in [1.29, 1.82) is 0 Å². The molecule has 0 fully saturated rings. The number of esters is 1. The number of amides is 1. The summed E-state index contributed by atoms with van der Waals surface area (Å²) < 4.78 is 11.4. The van der Waals surface area contributed by atoms with Crippen LogP contribution in [-0.4, -0.2) is 24.5 Å². The van der Waals surface area contributed by atoms with Gasteiger partial charge in [-0.2, -0.15) is 0 Å². The van der Waals surface area contributed by atoms with Crippen LogP contribution < -0.4 is 9.64 Å². The summed E-state index contributed by atoms with van der Waals surface area (Å²) in [6, 6.07) is 15.2. The third kappa shape index (κ3) is 4.48. The fraction of sp³-hybridized carbons (Fsp3) is 0.364. The lowest BCUT2D eigenvalue weighted by atomic mass is 9.89. The van der Waals surface area contributed by atoms with Crippen LogP contribution in [-0.2, 0) is 20.7 Å². The second-order valence-corrected chi connectivity index (χ2v) is 7.77. The lowest BCUT2D eigenvalue weighted by Gasteiger charge is -2.33. The van der Waals surface area contributed by atoms with E-state index >= 15 is 0 Å². The maximum atomic E-state index is 12.9. The first kappa shape index (κ1) is 19.0. The third-order valence-electron chi connectivity index (χ3n) is 4.37. The van der Waals surface area contributed by atoms with Crippen LogP contribution in [0.4, 0.5) is 5.69 Å². The molecule has 2 aromatic carbocycles. The van der Waals surface area contributed by atoms with E-state index in [1.54, 1.807) is 11.9 Å². The second-order valence-electron chi connectivity index (χ2n) is 7.77. The molecule has 1 heterocycles. The normalized spacial score (nSPS) is 16.7. The molecule has 1 aliphatic rings. The maximum Gasteiger partial charge on any atom is 0.307 e. The first-order valence-electron chi connectivity index (χ1n) is 9.09. The number of carbonyl (C=O) groups is 2. The van der Waals surface area contributed by atoms with Crippen molar-refractivity contribution in [1.82, 2.24) is 0 Å². The molecule has 0 bridgehead atoms. The highest BCUT2D eigenvalue weighted by Crippen LogP contribution is 2.40. The molecule has 1 amide bonds. The fourth-order valence-corrected chi connectivity index (χ4v) is 3.29. The van der Waals surface area contributed by atoms with Crippen molar-refractivity contribution in [2.24, 2.45) is 5.92 Å². The Bertz CT molecular complexity index is 839. The SMILES string of the molecule is CN1C(=O)C(CC(=O)OC(C)(C)C)Cc2cccc(Oc3ccccc3)c21. The number of para-hydroxylation sites is 2. The molecule has 1 aliphatic heterocycles. The predicted molar refractivity (Wildman–Crippen MR) is 104 cm³/mol. The summed E-state index contributed by atoms with van der Waals surface area (Å²) in [7, 11) is 1.72. The van der Waals surface area contributed by atoms with Crippen LogP contribution >= 0.6 is 0 Å². The number of carbonyl (C=O) groups excluding carboxylic acids is 2. The van der Waals surface area contributed by atoms with E-state index in [-0.39, 0.29) is 18.3 Å². The average molecular weight is 367 g/mol. The van der Waals surface area contributed by atoms with Gasteiger partial charge in [0.2, 0.25) is 5.91 Å². The molecule has 142 valence electrons. The van der Waals surface area contributed by atoms with Crippen molar-refractivity contribution in [3.63, 3.8) is 0 Å². The molecule has 0 saturated heterocycles. The molecule has 2 aromatic rings. The van der Waals surface area contributed by atoms with E-state index in [1.165, 1.54) is 0 Å². The van der Waals surface area contributed by atoms with E-state index < -0.39 is 11.5 Å². The van der Waals surface area contributed by atoms with Crippen LogP contribution in [0.5, 0.6) is 11.5 Å². The minimum absolute atomic E-state index is 0.0731. The van der Waals surface area contributed by atoms with Crippen LogP contribution in [0.25, 0.3) is 0 Å². The molecular formula is C22H25NO4. The van der Waals surface area contributed by atoms with Crippen molar-refractivity contribution >= 4 is 17.6 Å². The number of hydrogen-bond donors (Lipinski definition) is 0. The van der Waals surface area contributed by atoms with Gasteiger partial charge in [0.1, 0.15) is 11.4 Å². The highest BCUT2D eigenvalue weighted by atomic mass is 16.6. The summed E-state index contributed by atoms with van der Waals surface area (Å²) >= 11 is 0. The van der Waals surface area contributed by atoms with Crippen molar-refractivity contribution in [3.05, 3.63) is 54.1 Å². The summed E-state index contributed by atoms with van der Waals surface area (Å²) in [5.41, 5.74) is 1.18. The highest BCUT2D eigenvalue weighted by molar-refractivity contribution is 6.00. The van der Waals surface area contributed by atoms with Gasteiger partial charge < -0.3 is 14.4 Å². The van der Waals surface area contributed by atoms with Gasteiger partial charge in [0.25, 0.3) is 0 Å². The number of fused-ring (bicyclic) bond motifs is 1. The standard InChI is InChI=1S/C22H25NO4/c1-22(2,3)27-19(24)14-16-13-15-9-8-12-18(20(15)23(4)21(16)25)26-17-10-6-5-7-11-17/h5-12,16H,13-14H2,1-4H3. The Morgan fingerprint density at radius 3 is 2.48 bits per heavy atom. The number of anilines is 1. The van der Waals surface area contributed by atoms with Crippen LogP contribution in [0.3, 0.4) is 0 Å². The zero-order chi connectivity index (χ0) is 19.6. The number of ether oxygens (including phenoxy) is 2. The first-order valence-corrected chi connectivity index (χ1v) is 9.09. The number of benzene rings is 2. The van der Waals surface area contributed by atoms with Crippen molar-refractivity contribution < 1.29 is 19.1 Å². The third-order valence-corrected chi connectivity index (χ3v) is 4.37. The van der Waals surface area contributed by atoms with E-state index in [4.69, 9.17) is 9.47 Å². The Hall–Kier alpha value is -2.82. The van der Waals surface area contributed by atoms with E-state index in [0.717, 1.165) is 11.3 Å². The quantitative estimate of drug-likeness (QED) is 0.754. The minimum Gasteiger partial charge on any atom is -0.460 e. The molecule has 0 saturated carbocycles. The van der Waals surface area contributed by atoms with E-state index in [1.807, 2.05) is 69.3 Å². The van der Waals surface area contributed by atoms with Crippen LogP contribution in [0.1, 0.15) is 32.8 Å². The van der Waals surface area contributed by atoms with Gasteiger partial charge in [-0.3, -0.25) is 9.59 Å². The van der Waals surface area contributed by atoms with Crippen LogP contribution in [0.15, 0.2) is 48.5 Å². The minimum atomic E-state index is -0.560. The number of rotatable bonds is 4. The van der Waals surface area contributed by atoms with Crippen molar-refractivity contribution in [3.8, 4) is 11.5 Å². The smallest absolute Gasteiger partial charge is 0.307 e. The maximum absolute atomic E-state index is 12.9. The van der Waals surface area contributed by atoms with Gasteiger partial charge in [0, 0.05) is 7.05 Å². The van der Waals surface area contributed by atoms with Crippen molar-refractivity contribution in [2.75, 3.05) is 11.9 Å². The monoisotopic (exact) mass is 367 g/mol. The lowest BCUT2D eigenvalue weighted by Crippen LogP contribution is -2.40. The molecule has 1 atom stereocenters. The highest BCUT2D eigenvalue weighted by Gasteiger charge is 2.35. The zero-order valence-corrected chi connectivity index (χ0v) is 16.2. The van der Waals surface area contributed by atoms with Gasteiger partial charge >= 0.3 is 5.97 Å². The second kappa shape index (κ2) is 7.43. The molecule has 1 unspecified atom stereocenters. The number of nitrogens with zero attached hydrogens (tertiary/aromatic N) is 1. The van der Waals surface area contributed by atoms with E-state index in [0.29, 0.717) is 17.9 Å². The summed E-state index contributed by atoms with van der Waals surface area (Å²) in [5.74, 6) is 0.462. The van der Waals surface area contributed by atoms with Gasteiger partial charge in [-0.1, -0.05) is 30.3 Å². The molecule has 0 N–H and O–H groups in total. The van der Waals surface area contributed by atoms with E-state index in [9.17, 15) is 9.59 Å². The van der Waals surface area contributed by atoms with Crippen LogP contribution in [0.2, 0.25) is 0 Å². The van der Waals surface area contributed by atoms with Gasteiger partial charge in [-0.05, 0) is 51.0 Å². The van der Waals surface area contributed by atoms with Gasteiger partial charge in [0.05, 0.1) is 18.0 Å². The van der Waals surface area contributed by atoms with Gasteiger partial charge in [-0.25, -0.2) is 0 Å². The summed E-state index contributed by atoms with van der Waals surface area (Å²) in [4.78, 5) is 26.6. The molecule has 27 heavy (non-hydrogen) atoms. The largest absolute Gasteiger partial charge is 0.460 e. The zero-order valence-electron chi connectivity index (χ0n) is 16.2. The summed E-state index contributed by atoms with van der Waals surface area (Å²) in [6.07, 6.45) is 0.563. The van der Waals surface area contributed by atoms with Crippen molar-refractivity contribution in [2.45, 2.75) is 39.2 Å². The topological polar surface area (TPSA) is 55.8 Å². The predicted octanol–water partition coefficient (Wildman–Crippen LogP) is 4.35. The Labute approximate surface area is 159 Å². The Kier molecular flexibility index (Phi) is 5.22. The molecule has 0 aromatic heterocycles. The Balaban J connectivity index is 1.82. The fourth-order valence-electron chi connectivity index (χ4n) is 3.29. The first-order chi connectivity index (χ1) is 12.7. The molecule has 3 rings (SSSR count). The summed E-state index contributed by atoms with van der Waals surface area (Å²) in [6.45, 7) is 5.46. The summed E-state index contributed by atoms with van der Waals surface area (Å²) in [5, 5.41) is 0. The number of hydrogen-bond acceptors (Lipinski definition) is 4. The molecule has 0 spiro atoms. The molecular weight excluding hydrogens is 342 g/mol.